The predicted molar refractivity (Wildman–Crippen MR) is 88.6 cm³/mol. The molecule has 126 valence electrons. The Bertz CT molecular complexity index is 625. The Morgan fingerprint density at radius 1 is 1.48 bits per heavy atom. The van der Waals surface area contributed by atoms with Gasteiger partial charge in [-0.3, -0.25) is 14.3 Å². The lowest BCUT2D eigenvalue weighted by Gasteiger charge is -2.25. The lowest BCUT2D eigenvalue weighted by Crippen LogP contribution is -2.45. The normalized spacial score (nSPS) is 23.0. The number of amides is 2. The Kier molecular flexibility index (Phi) is 4.22. The van der Waals surface area contributed by atoms with E-state index < -0.39 is 11.6 Å². The molecule has 8 heteroatoms. The summed E-state index contributed by atoms with van der Waals surface area (Å²) in [5.74, 6) is 0.0268. The number of carbonyl (C=O) groups is 2. The molecule has 7 nitrogen and oxygen atoms in total. The van der Waals surface area contributed by atoms with E-state index in [0.29, 0.717) is 13.2 Å². The standard InChI is InChI=1S/C15H22BrN5O2/c1-11-13(22)19(7-6-18(2)3)10-20(11)14(23)15(4-5-15)21-9-12(16)8-17-21/h8-9,11H,4-7,10H2,1-3H3. The van der Waals surface area contributed by atoms with E-state index >= 15 is 0 Å². The molecule has 1 aliphatic carbocycles. The average molecular weight is 384 g/mol. The second-order valence-electron chi connectivity index (χ2n) is 6.63. The first kappa shape index (κ1) is 16.4. The van der Waals surface area contributed by atoms with E-state index in [0.717, 1.165) is 23.9 Å². The van der Waals surface area contributed by atoms with Gasteiger partial charge >= 0.3 is 0 Å². The van der Waals surface area contributed by atoms with Gasteiger partial charge in [-0.15, -0.1) is 0 Å². The van der Waals surface area contributed by atoms with Crippen molar-refractivity contribution in [3.63, 3.8) is 0 Å². The summed E-state index contributed by atoms with van der Waals surface area (Å²) in [7, 11) is 3.95. The Morgan fingerprint density at radius 3 is 2.70 bits per heavy atom. The summed E-state index contributed by atoms with van der Waals surface area (Å²) in [6, 6.07) is -0.402. The van der Waals surface area contributed by atoms with E-state index in [4.69, 9.17) is 0 Å². The van der Waals surface area contributed by atoms with Gasteiger partial charge in [0.05, 0.1) is 17.3 Å². The fourth-order valence-electron chi connectivity index (χ4n) is 2.98. The van der Waals surface area contributed by atoms with Crippen molar-refractivity contribution in [1.82, 2.24) is 24.5 Å². The van der Waals surface area contributed by atoms with Gasteiger partial charge in [-0.25, -0.2) is 0 Å². The highest BCUT2D eigenvalue weighted by atomic mass is 79.9. The van der Waals surface area contributed by atoms with Crippen LogP contribution in [0.25, 0.3) is 0 Å². The van der Waals surface area contributed by atoms with E-state index in [1.54, 1.807) is 20.7 Å². The van der Waals surface area contributed by atoms with E-state index in [1.165, 1.54) is 0 Å². The maximum Gasteiger partial charge on any atom is 0.252 e. The van der Waals surface area contributed by atoms with Gasteiger partial charge in [0.15, 0.2) is 0 Å². The average Bonchev–Trinajstić information content (AvgIpc) is 3.13. The van der Waals surface area contributed by atoms with E-state index in [-0.39, 0.29) is 11.8 Å². The monoisotopic (exact) mass is 383 g/mol. The minimum Gasteiger partial charge on any atom is -0.322 e. The molecule has 1 aromatic heterocycles. The maximum atomic E-state index is 13.0. The summed E-state index contributed by atoms with van der Waals surface area (Å²) >= 11 is 3.37. The van der Waals surface area contributed by atoms with Crippen LogP contribution in [0.2, 0.25) is 0 Å². The van der Waals surface area contributed by atoms with Gasteiger partial charge in [0.1, 0.15) is 11.6 Å². The largest absolute Gasteiger partial charge is 0.322 e. The predicted octanol–water partition coefficient (Wildman–Crippen LogP) is 0.713. The van der Waals surface area contributed by atoms with Gasteiger partial charge in [-0.2, -0.15) is 5.10 Å². The molecule has 2 aliphatic rings. The van der Waals surface area contributed by atoms with Crippen molar-refractivity contribution < 1.29 is 9.59 Å². The first-order chi connectivity index (χ1) is 10.8. The molecule has 0 spiro atoms. The fourth-order valence-corrected chi connectivity index (χ4v) is 3.26. The van der Waals surface area contributed by atoms with Crippen LogP contribution in [0.5, 0.6) is 0 Å². The first-order valence-electron chi connectivity index (χ1n) is 7.80. The molecule has 3 rings (SSSR count). The molecule has 0 bridgehead atoms. The van der Waals surface area contributed by atoms with Crippen molar-refractivity contribution in [3.05, 3.63) is 16.9 Å². The van der Waals surface area contributed by atoms with Crippen LogP contribution in [0.4, 0.5) is 0 Å². The van der Waals surface area contributed by atoms with Crippen LogP contribution in [0.15, 0.2) is 16.9 Å². The summed E-state index contributed by atoms with van der Waals surface area (Å²) in [6.45, 7) is 3.61. The highest BCUT2D eigenvalue weighted by Crippen LogP contribution is 2.45. The van der Waals surface area contributed by atoms with E-state index in [2.05, 4.69) is 21.0 Å². The topological polar surface area (TPSA) is 61.7 Å². The smallest absolute Gasteiger partial charge is 0.252 e. The number of likely N-dealkylation sites (N-methyl/N-ethyl adjacent to an activating group) is 1. The van der Waals surface area contributed by atoms with Crippen molar-refractivity contribution in [3.8, 4) is 0 Å². The summed E-state index contributed by atoms with van der Waals surface area (Å²) in [6.07, 6.45) is 5.07. The molecular weight excluding hydrogens is 362 g/mol. The van der Waals surface area contributed by atoms with Gasteiger partial charge in [-0.1, -0.05) is 0 Å². The van der Waals surface area contributed by atoms with E-state index in [1.807, 2.05) is 32.1 Å². The van der Waals surface area contributed by atoms with Crippen molar-refractivity contribution in [2.75, 3.05) is 33.9 Å². The summed E-state index contributed by atoms with van der Waals surface area (Å²) in [4.78, 5) is 30.9. The molecule has 2 fully saturated rings. The van der Waals surface area contributed by atoms with Crippen LogP contribution in [0.3, 0.4) is 0 Å². The van der Waals surface area contributed by atoms with Gasteiger partial charge in [-0.05, 0) is 49.8 Å². The summed E-state index contributed by atoms with van der Waals surface area (Å²) in [5, 5.41) is 4.28. The second kappa shape index (κ2) is 5.90. The summed E-state index contributed by atoms with van der Waals surface area (Å²) < 4.78 is 2.59. The minimum atomic E-state index is -0.599. The molecule has 1 aliphatic heterocycles. The van der Waals surface area contributed by atoms with Crippen LogP contribution in [0.1, 0.15) is 19.8 Å². The minimum absolute atomic E-state index is 0.00121. The van der Waals surface area contributed by atoms with Crippen LogP contribution < -0.4 is 0 Å². The number of aromatic nitrogens is 2. The van der Waals surface area contributed by atoms with Gasteiger partial charge < -0.3 is 14.7 Å². The SMILES string of the molecule is CC1C(=O)N(CCN(C)C)CN1C(=O)C1(n2cc(Br)cn2)CC1. The zero-order valence-electron chi connectivity index (χ0n) is 13.7. The Labute approximate surface area is 144 Å². The molecule has 0 aromatic carbocycles. The lowest BCUT2D eigenvalue weighted by molar-refractivity contribution is -0.139. The Hall–Kier alpha value is -1.41. The van der Waals surface area contributed by atoms with Crippen LogP contribution in [-0.2, 0) is 15.1 Å². The third kappa shape index (κ3) is 2.89. The van der Waals surface area contributed by atoms with E-state index in [9.17, 15) is 9.59 Å². The van der Waals surface area contributed by atoms with Crippen molar-refractivity contribution in [2.24, 2.45) is 0 Å². The number of rotatable bonds is 5. The third-order valence-electron chi connectivity index (χ3n) is 4.65. The maximum absolute atomic E-state index is 13.0. The molecule has 23 heavy (non-hydrogen) atoms. The Balaban J connectivity index is 1.74. The van der Waals surface area contributed by atoms with Crippen molar-refractivity contribution in [2.45, 2.75) is 31.3 Å². The number of hydrogen-bond acceptors (Lipinski definition) is 4. The molecular formula is C15H22BrN5O2. The number of carbonyl (C=O) groups excluding carboxylic acids is 2. The summed E-state index contributed by atoms with van der Waals surface area (Å²) in [5.41, 5.74) is -0.599. The molecule has 2 heterocycles. The molecule has 0 radical (unpaired) electrons. The van der Waals surface area contributed by atoms with Crippen LogP contribution >= 0.6 is 15.9 Å². The molecule has 1 saturated heterocycles. The highest BCUT2D eigenvalue weighted by Gasteiger charge is 2.57. The molecule has 2 amide bonds. The van der Waals surface area contributed by atoms with Crippen molar-refractivity contribution in [1.29, 1.82) is 0 Å². The number of nitrogens with zero attached hydrogens (tertiary/aromatic N) is 5. The Morgan fingerprint density at radius 2 is 2.17 bits per heavy atom. The molecule has 0 N–H and O–H groups in total. The van der Waals surface area contributed by atoms with Crippen LogP contribution in [-0.4, -0.2) is 76.2 Å². The van der Waals surface area contributed by atoms with Gasteiger partial charge in [0, 0.05) is 19.3 Å². The number of halogens is 1. The van der Waals surface area contributed by atoms with Gasteiger partial charge in [0.25, 0.3) is 5.91 Å². The fraction of sp³-hybridized carbons (Fsp3) is 0.667. The quantitative estimate of drug-likeness (QED) is 0.751. The zero-order valence-corrected chi connectivity index (χ0v) is 15.3. The zero-order chi connectivity index (χ0) is 16.8. The molecule has 1 unspecified atom stereocenters. The number of hydrogen-bond donors (Lipinski definition) is 0. The second-order valence-corrected chi connectivity index (χ2v) is 7.55. The molecule has 1 saturated carbocycles. The molecule has 1 aromatic rings. The van der Waals surface area contributed by atoms with Gasteiger partial charge in [0.2, 0.25) is 5.91 Å². The highest BCUT2D eigenvalue weighted by molar-refractivity contribution is 9.10. The third-order valence-corrected chi connectivity index (χ3v) is 5.06. The van der Waals surface area contributed by atoms with Crippen LogP contribution in [0, 0.1) is 0 Å². The first-order valence-corrected chi connectivity index (χ1v) is 8.60. The lowest BCUT2D eigenvalue weighted by atomic mass is 10.2. The molecule has 1 atom stereocenters. The van der Waals surface area contributed by atoms with Crippen molar-refractivity contribution >= 4 is 27.7 Å².